The third kappa shape index (κ3) is 2.92. The normalized spacial score (nSPS) is 36.5. The monoisotopic (exact) mass is 212 g/mol. The molecule has 0 aromatic heterocycles. The molecule has 1 heterocycles. The lowest BCUT2D eigenvalue weighted by molar-refractivity contribution is -0.123. The first-order chi connectivity index (χ1) is 7.25. The highest BCUT2D eigenvalue weighted by atomic mass is 16.3. The maximum absolute atomic E-state index is 11.8. The summed E-state index contributed by atoms with van der Waals surface area (Å²) in [6, 6.07) is 0.188. The fourth-order valence-corrected chi connectivity index (χ4v) is 2.51. The Balaban J connectivity index is 1.77. The molecule has 1 saturated carbocycles. The average Bonchev–Trinajstić information content (AvgIpc) is 2.70. The van der Waals surface area contributed by atoms with Crippen molar-refractivity contribution >= 4 is 5.91 Å². The molecule has 4 heteroatoms. The van der Waals surface area contributed by atoms with Crippen molar-refractivity contribution in [1.82, 2.24) is 10.6 Å². The highest BCUT2D eigenvalue weighted by Crippen LogP contribution is 2.18. The van der Waals surface area contributed by atoms with Crippen LogP contribution in [-0.4, -0.2) is 35.7 Å². The zero-order chi connectivity index (χ0) is 10.7. The van der Waals surface area contributed by atoms with Gasteiger partial charge < -0.3 is 15.7 Å². The van der Waals surface area contributed by atoms with E-state index >= 15 is 0 Å². The first-order valence-electron chi connectivity index (χ1n) is 5.97. The molecule has 2 fully saturated rings. The molecule has 3 unspecified atom stereocenters. The van der Waals surface area contributed by atoms with Crippen molar-refractivity contribution < 1.29 is 9.90 Å². The molecule has 4 nitrogen and oxygen atoms in total. The Morgan fingerprint density at radius 3 is 2.80 bits per heavy atom. The van der Waals surface area contributed by atoms with Gasteiger partial charge in [-0.3, -0.25) is 4.79 Å². The van der Waals surface area contributed by atoms with Crippen molar-refractivity contribution in [3.8, 4) is 0 Å². The first kappa shape index (κ1) is 10.9. The maximum atomic E-state index is 11.8. The van der Waals surface area contributed by atoms with Crippen LogP contribution in [-0.2, 0) is 4.79 Å². The minimum atomic E-state index is -0.222. The van der Waals surface area contributed by atoms with E-state index in [0.717, 1.165) is 45.1 Å². The number of aliphatic hydroxyl groups excluding tert-OH is 1. The second-order valence-electron chi connectivity index (χ2n) is 4.67. The van der Waals surface area contributed by atoms with Gasteiger partial charge in [-0.2, -0.15) is 0 Å². The molecule has 3 atom stereocenters. The summed E-state index contributed by atoms with van der Waals surface area (Å²) in [5, 5.41) is 15.7. The van der Waals surface area contributed by atoms with Gasteiger partial charge in [0.15, 0.2) is 0 Å². The first-order valence-corrected chi connectivity index (χ1v) is 5.97. The summed E-state index contributed by atoms with van der Waals surface area (Å²) in [7, 11) is 0. The van der Waals surface area contributed by atoms with Crippen LogP contribution in [0.2, 0.25) is 0 Å². The zero-order valence-corrected chi connectivity index (χ0v) is 9.04. The topological polar surface area (TPSA) is 61.4 Å². The van der Waals surface area contributed by atoms with Crippen LogP contribution in [0, 0.1) is 0 Å². The van der Waals surface area contributed by atoms with Gasteiger partial charge in [-0.15, -0.1) is 0 Å². The fourth-order valence-electron chi connectivity index (χ4n) is 2.51. The van der Waals surface area contributed by atoms with E-state index < -0.39 is 0 Å². The van der Waals surface area contributed by atoms with Gasteiger partial charge in [0.1, 0.15) is 0 Å². The second-order valence-corrected chi connectivity index (χ2v) is 4.67. The Morgan fingerprint density at radius 1 is 1.27 bits per heavy atom. The van der Waals surface area contributed by atoms with Crippen molar-refractivity contribution in [2.75, 3.05) is 6.54 Å². The van der Waals surface area contributed by atoms with Crippen LogP contribution in [0.1, 0.15) is 38.5 Å². The summed E-state index contributed by atoms with van der Waals surface area (Å²) in [6.07, 6.45) is 5.44. The predicted molar refractivity (Wildman–Crippen MR) is 57.4 cm³/mol. The van der Waals surface area contributed by atoms with Crippen molar-refractivity contribution in [2.45, 2.75) is 56.7 Å². The molecule has 2 rings (SSSR count). The Labute approximate surface area is 90.4 Å². The molecular formula is C11H20N2O2. The van der Waals surface area contributed by atoms with Gasteiger partial charge >= 0.3 is 0 Å². The van der Waals surface area contributed by atoms with Crippen LogP contribution < -0.4 is 10.6 Å². The summed E-state index contributed by atoms with van der Waals surface area (Å²) >= 11 is 0. The van der Waals surface area contributed by atoms with Crippen LogP contribution in [0.5, 0.6) is 0 Å². The Hall–Kier alpha value is -0.610. The molecule has 15 heavy (non-hydrogen) atoms. The number of nitrogens with one attached hydrogen (secondary N) is 2. The van der Waals surface area contributed by atoms with Crippen molar-refractivity contribution in [3.05, 3.63) is 0 Å². The number of aliphatic hydroxyl groups is 1. The number of amides is 1. The highest BCUT2D eigenvalue weighted by molar-refractivity contribution is 5.82. The minimum absolute atomic E-state index is 0.00377. The summed E-state index contributed by atoms with van der Waals surface area (Å²) in [5.41, 5.74) is 0. The molecule has 0 aromatic rings. The number of rotatable bonds is 2. The third-order valence-electron chi connectivity index (χ3n) is 3.37. The third-order valence-corrected chi connectivity index (χ3v) is 3.37. The lowest BCUT2D eigenvalue weighted by Gasteiger charge is -2.27. The summed E-state index contributed by atoms with van der Waals surface area (Å²) in [5.74, 6) is 0.117. The SMILES string of the molecule is O=C(NC1CCCC(O)C1)C1CCCN1. The highest BCUT2D eigenvalue weighted by Gasteiger charge is 2.26. The van der Waals surface area contributed by atoms with E-state index in [9.17, 15) is 9.90 Å². The number of hydrogen-bond acceptors (Lipinski definition) is 3. The van der Waals surface area contributed by atoms with Gasteiger partial charge in [-0.25, -0.2) is 0 Å². The van der Waals surface area contributed by atoms with Crippen LogP contribution in [0.4, 0.5) is 0 Å². The summed E-state index contributed by atoms with van der Waals surface area (Å²) in [4.78, 5) is 11.8. The molecule has 2 aliphatic rings. The largest absolute Gasteiger partial charge is 0.393 e. The fraction of sp³-hybridized carbons (Fsp3) is 0.909. The van der Waals surface area contributed by atoms with Crippen LogP contribution in [0.15, 0.2) is 0 Å². The molecule has 0 aromatic carbocycles. The van der Waals surface area contributed by atoms with E-state index in [2.05, 4.69) is 10.6 Å². The van der Waals surface area contributed by atoms with Gasteiger partial charge in [-0.1, -0.05) is 0 Å². The summed E-state index contributed by atoms with van der Waals surface area (Å²) in [6.45, 7) is 0.950. The predicted octanol–water partition coefficient (Wildman–Crippen LogP) is 0.158. The van der Waals surface area contributed by atoms with Gasteiger partial charge in [0.2, 0.25) is 5.91 Å². The average molecular weight is 212 g/mol. The zero-order valence-electron chi connectivity index (χ0n) is 9.04. The Morgan fingerprint density at radius 2 is 2.13 bits per heavy atom. The van der Waals surface area contributed by atoms with E-state index in [-0.39, 0.29) is 24.1 Å². The molecule has 1 aliphatic heterocycles. The number of hydrogen-bond donors (Lipinski definition) is 3. The van der Waals surface area contributed by atoms with Gasteiger partial charge in [0.05, 0.1) is 12.1 Å². The van der Waals surface area contributed by atoms with Crippen LogP contribution in [0.25, 0.3) is 0 Å². The van der Waals surface area contributed by atoms with Crippen LogP contribution in [0.3, 0.4) is 0 Å². The van der Waals surface area contributed by atoms with Crippen LogP contribution >= 0.6 is 0 Å². The van der Waals surface area contributed by atoms with Gasteiger partial charge in [0, 0.05) is 6.04 Å². The molecule has 1 aliphatic carbocycles. The van der Waals surface area contributed by atoms with Gasteiger partial charge in [-0.05, 0) is 45.1 Å². The molecule has 86 valence electrons. The lowest BCUT2D eigenvalue weighted by Crippen LogP contribution is -2.47. The quantitative estimate of drug-likeness (QED) is 0.611. The lowest BCUT2D eigenvalue weighted by atomic mass is 9.93. The maximum Gasteiger partial charge on any atom is 0.237 e. The summed E-state index contributed by atoms with van der Waals surface area (Å²) < 4.78 is 0. The standard InChI is InChI=1S/C11H20N2O2/c14-9-4-1-3-8(7-9)13-11(15)10-5-2-6-12-10/h8-10,12,14H,1-7H2,(H,13,15). The van der Waals surface area contributed by atoms with E-state index in [1.54, 1.807) is 0 Å². The number of carbonyl (C=O) groups excluding carboxylic acids is 1. The minimum Gasteiger partial charge on any atom is -0.393 e. The smallest absolute Gasteiger partial charge is 0.237 e. The second kappa shape index (κ2) is 4.94. The molecule has 0 bridgehead atoms. The van der Waals surface area contributed by atoms with Crippen molar-refractivity contribution in [1.29, 1.82) is 0 Å². The number of carbonyl (C=O) groups is 1. The Kier molecular flexibility index (Phi) is 3.59. The van der Waals surface area contributed by atoms with E-state index in [4.69, 9.17) is 0 Å². The van der Waals surface area contributed by atoms with Gasteiger partial charge in [0.25, 0.3) is 0 Å². The van der Waals surface area contributed by atoms with Crippen molar-refractivity contribution in [2.24, 2.45) is 0 Å². The molecular weight excluding hydrogens is 192 g/mol. The molecule has 3 N–H and O–H groups in total. The van der Waals surface area contributed by atoms with Crippen molar-refractivity contribution in [3.63, 3.8) is 0 Å². The van der Waals surface area contributed by atoms with E-state index in [1.807, 2.05) is 0 Å². The molecule has 0 spiro atoms. The molecule has 0 radical (unpaired) electrons. The molecule has 1 amide bonds. The van der Waals surface area contributed by atoms with E-state index in [0.29, 0.717) is 0 Å². The molecule has 1 saturated heterocycles. The van der Waals surface area contributed by atoms with E-state index in [1.165, 1.54) is 0 Å². The Bertz CT molecular complexity index is 227.